The highest BCUT2D eigenvalue weighted by Crippen LogP contribution is 2.17. The molecule has 0 bridgehead atoms. The maximum absolute atomic E-state index is 12.5. The summed E-state index contributed by atoms with van der Waals surface area (Å²) in [6.45, 7) is 2.62. The third-order valence-electron chi connectivity index (χ3n) is 3.92. The molecule has 0 aliphatic carbocycles. The standard InChI is InChI=1S/C19H20ClN3O2S/c1-2-3-15-6-10-19(11-7-15)26(24,25)22-18-12-21-23(14-18)13-16-4-8-17(20)9-5-16/h4-12,14,22H,2-3,13H2,1H3. The monoisotopic (exact) mass is 389 g/mol. The summed E-state index contributed by atoms with van der Waals surface area (Å²) in [6, 6.07) is 14.4. The average Bonchev–Trinajstić information content (AvgIpc) is 3.04. The average molecular weight is 390 g/mol. The SMILES string of the molecule is CCCc1ccc(S(=O)(=O)Nc2cnn(Cc3ccc(Cl)cc3)c2)cc1. The van der Waals surface area contributed by atoms with Crippen LogP contribution in [-0.4, -0.2) is 18.2 Å². The lowest BCUT2D eigenvalue weighted by Crippen LogP contribution is -2.12. The molecule has 1 N–H and O–H groups in total. The van der Waals surface area contributed by atoms with Crippen LogP contribution in [0.15, 0.2) is 65.8 Å². The van der Waals surface area contributed by atoms with Gasteiger partial charge >= 0.3 is 0 Å². The van der Waals surface area contributed by atoms with Crippen LogP contribution in [0.5, 0.6) is 0 Å². The normalized spacial score (nSPS) is 11.5. The van der Waals surface area contributed by atoms with Crippen LogP contribution in [0.1, 0.15) is 24.5 Å². The molecule has 0 saturated carbocycles. The van der Waals surface area contributed by atoms with Crippen LogP contribution in [0.25, 0.3) is 0 Å². The Hall–Kier alpha value is -2.31. The molecule has 136 valence electrons. The third kappa shape index (κ3) is 4.65. The first-order chi connectivity index (χ1) is 12.5. The van der Waals surface area contributed by atoms with E-state index in [2.05, 4.69) is 16.7 Å². The van der Waals surface area contributed by atoms with Crippen LogP contribution in [-0.2, 0) is 23.0 Å². The topological polar surface area (TPSA) is 64.0 Å². The lowest BCUT2D eigenvalue weighted by Gasteiger charge is -2.07. The predicted octanol–water partition coefficient (Wildman–Crippen LogP) is 4.34. The maximum Gasteiger partial charge on any atom is 0.261 e. The van der Waals surface area contributed by atoms with E-state index in [0.29, 0.717) is 17.3 Å². The number of rotatable bonds is 7. The molecule has 1 heterocycles. The number of nitrogens with one attached hydrogen (secondary N) is 1. The molecule has 5 nitrogen and oxygen atoms in total. The van der Waals surface area contributed by atoms with E-state index in [1.807, 2.05) is 36.4 Å². The van der Waals surface area contributed by atoms with E-state index in [-0.39, 0.29) is 4.90 Å². The maximum atomic E-state index is 12.5. The third-order valence-corrected chi connectivity index (χ3v) is 5.56. The van der Waals surface area contributed by atoms with Gasteiger partial charge in [0, 0.05) is 11.2 Å². The number of hydrogen-bond acceptors (Lipinski definition) is 3. The summed E-state index contributed by atoms with van der Waals surface area (Å²) in [6.07, 6.45) is 5.12. The van der Waals surface area contributed by atoms with Gasteiger partial charge in [0.25, 0.3) is 10.0 Å². The zero-order chi connectivity index (χ0) is 18.6. The van der Waals surface area contributed by atoms with Crippen molar-refractivity contribution in [3.63, 3.8) is 0 Å². The highest BCUT2D eigenvalue weighted by atomic mass is 35.5. The predicted molar refractivity (Wildman–Crippen MR) is 104 cm³/mol. The Morgan fingerprint density at radius 1 is 1.04 bits per heavy atom. The van der Waals surface area contributed by atoms with Crippen molar-refractivity contribution in [3.8, 4) is 0 Å². The first-order valence-corrected chi connectivity index (χ1v) is 10.2. The largest absolute Gasteiger partial charge is 0.276 e. The number of halogens is 1. The van der Waals surface area contributed by atoms with Gasteiger partial charge in [0.05, 0.1) is 23.3 Å². The summed E-state index contributed by atoms with van der Waals surface area (Å²) < 4.78 is 29.3. The molecule has 0 saturated heterocycles. The van der Waals surface area contributed by atoms with Crippen LogP contribution in [0, 0.1) is 0 Å². The molecule has 0 aliphatic heterocycles. The van der Waals surface area contributed by atoms with Gasteiger partial charge in [-0.1, -0.05) is 49.2 Å². The molecule has 26 heavy (non-hydrogen) atoms. The van der Waals surface area contributed by atoms with Gasteiger partial charge in [0.2, 0.25) is 0 Å². The van der Waals surface area contributed by atoms with Gasteiger partial charge < -0.3 is 0 Å². The van der Waals surface area contributed by atoms with E-state index in [0.717, 1.165) is 24.0 Å². The highest BCUT2D eigenvalue weighted by Gasteiger charge is 2.15. The van der Waals surface area contributed by atoms with Crippen molar-refractivity contribution in [2.24, 2.45) is 0 Å². The van der Waals surface area contributed by atoms with Crippen molar-refractivity contribution in [2.45, 2.75) is 31.2 Å². The minimum atomic E-state index is -3.63. The van der Waals surface area contributed by atoms with E-state index < -0.39 is 10.0 Å². The fourth-order valence-corrected chi connectivity index (χ4v) is 3.77. The summed E-state index contributed by atoms with van der Waals surface area (Å²) in [5, 5.41) is 4.88. The summed E-state index contributed by atoms with van der Waals surface area (Å²) in [4.78, 5) is 0.239. The number of aromatic nitrogens is 2. The Bertz CT molecular complexity index is 965. The molecular formula is C19H20ClN3O2S. The minimum absolute atomic E-state index is 0.239. The van der Waals surface area contributed by atoms with Gasteiger partial charge in [-0.25, -0.2) is 8.42 Å². The van der Waals surface area contributed by atoms with Gasteiger partial charge in [-0.05, 0) is 41.8 Å². The number of nitrogens with zero attached hydrogens (tertiary/aromatic N) is 2. The fourth-order valence-electron chi connectivity index (χ4n) is 2.62. The molecule has 1 aromatic heterocycles. The highest BCUT2D eigenvalue weighted by molar-refractivity contribution is 7.92. The molecule has 0 aliphatic rings. The number of aryl methyl sites for hydroxylation is 1. The van der Waals surface area contributed by atoms with Gasteiger partial charge in [-0.15, -0.1) is 0 Å². The van der Waals surface area contributed by atoms with Crippen molar-refractivity contribution in [3.05, 3.63) is 77.1 Å². The van der Waals surface area contributed by atoms with E-state index in [1.165, 1.54) is 6.20 Å². The van der Waals surface area contributed by atoms with Crippen molar-refractivity contribution in [1.29, 1.82) is 0 Å². The van der Waals surface area contributed by atoms with Gasteiger partial charge in [0.1, 0.15) is 0 Å². The van der Waals surface area contributed by atoms with Crippen LogP contribution >= 0.6 is 11.6 Å². The van der Waals surface area contributed by atoms with E-state index in [1.54, 1.807) is 23.0 Å². The Labute approximate surface area is 158 Å². The molecule has 3 aromatic rings. The molecule has 0 amide bonds. The zero-order valence-electron chi connectivity index (χ0n) is 14.4. The number of benzene rings is 2. The number of hydrogen-bond donors (Lipinski definition) is 1. The molecule has 0 spiro atoms. The molecule has 0 radical (unpaired) electrons. The van der Waals surface area contributed by atoms with Crippen molar-refractivity contribution < 1.29 is 8.42 Å². The second-order valence-electron chi connectivity index (χ2n) is 6.05. The molecular weight excluding hydrogens is 370 g/mol. The van der Waals surface area contributed by atoms with E-state index in [9.17, 15) is 8.42 Å². The quantitative estimate of drug-likeness (QED) is 0.653. The molecule has 7 heteroatoms. The Kier molecular flexibility index (Phi) is 5.64. The lowest BCUT2D eigenvalue weighted by molar-refractivity contribution is 0.601. The van der Waals surface area contributed by atoms with Gasteiger partial charge in [0.15, 0.2) is 0 Å². The Balaban J connectivity index is 1.70. The van der Waals surface area contributed by atoms with Gasteiger partial charge in [-0.2, -0.15) is 5.10 Å². The molecule has 0 atom stereocenters. The van der Waals surface area contributed by atoms with E-state index >= 15 is 0 Å². The van der Waals surface area contributed by atoms with Crippen LogP contribution in [0.3, 0.4) is 0 Å². The first kappa shape index (κ1) is 18.5. The second kappa shape index (κ2) is 7.93. The number of sulfonamides is 1. The minimum Gasteiger partial charge on any atom is -0.276 e. The van der Waals surface area contributed by atoms with Crippen molar-refractivity contribution in [2.75, 3.05) is 4.72 Å². The molecule has 2 aromatic carbocycles. The first-order valence-electron chi connectivity index (χ1n) is 8.35. The Morgan fingerprint density at radius 2 is 1.69 bits per heavy atom. The van der Waals surface area contributed by atoms with Crippen molar-refractivity contribution >= 4 is 27.3 Å². The van der Waals surface area contributed by atoms with Gasteiger partial charge in [-0.3, -0.25) is 9.40 Å². The second-order valence-corrected chi connectivity index (χ2v) is 8.17. The van der Waals surface area contributed by atoms with Crippen LogP contribution in [0.4, 0.5) is 5.69 Å². The summed E-state index contributed by atoms with van der Waals surface area (Å²) in [7, 11) is -3.63. The number of anilines is 1. The Morgan fingerprint density at radius 3 is 2.35 bits per heavy atom. The summed E-state index contributed by atoms with van der Waals surface area (Å²) in [5.74, 6) is 0. The molecule has 0 unspecified atom stereocenters. The van der Waals surface area contributed by atoms with Crippen LogP contribution < -0.4 is 4.72 Å². The zero-order valence-corrected chi connectivity index (χ0v) is 16.0. The lowest BCUT2D eigenvalue weighted by atomic mass is 10.1. The summed E-state index contributed by atoms with van der Waals surface area (Å²) in [5.41, 5.74) is 2.58. The van der Waals surface area contributed by atoms with E-state index in [4.69, 9.17) is 11.6 Å². The molecule has 3 rings (SSSR count). The van der Waals surface area contributed by atoms with Crippen LogP contribution in [0.2, 0.25) is 5.02 Å². The van der Waals surface area contributed by atoms with Crippen molar-refractivity contribution in [1.82, 2.24) is 9.78 Å². The molecule has 0 fully saturated rings. The fraction of sp³-hybridized carbons (Fsp3) is 0.211. The summed E-state index contributed by atoms with van der Waals surface area (Å²) >= 11 is 5.88. The smallest absolute Gasteiger partial charge is 0.261 e.